The van der Waals surface area contributed by atoms with Crippen LogP contribution in [-0.2, 0) is 29.8 Å². The summed E-state index contributed by atoms with van der Waals surface area (Å²) in [6.07, 6.45) is 2.71. The van der Waals surface area contributed by atoms with E-state index >= 15 is 0 Å². The van der Waals surface area contributed by atoms with Crippen LogP contribution >= 0.6 is 0 Å². The summed E-state index contributed by atoms with van der Waals surface area (Å²) in [4.78, 5) is 30.2. The minimum Gasteiger partial charge on any atom is -0.456 e. The quantitative estimate of drug-likeness (QED) is 0.0516. The molecule has 0 radical (unpaired) electrons. The van der Waals surface area contributed by atoms with Crippen LogP contribution in [0.25, 0.3) is 33.4 Å². The van der Waals surface area contributed by atoms with Gasteiger partial charge in [-0.2, -0.15) is 16.8 Å². The molecule has 5 N–H and O–H groups in total. The number of hydrogen-bond donors (Lipinski definition) is 5. The summed E-state index contributed by atoms with van der Waals surface area (Å²) in [6.45, 7) is 19.1. The largest absolute Gasteiger partial charge is 0.456 e. The predicted molar refractivity (Wildman–Crippen MR) is 253 cm³/mol. The van der Waals surface area contributed by atoms with Crippen LogP contribution in [0.5, 0.6) is 0 Å². The Balaban J connectivity index is 1.63. The van der Waals surface area contributed by atoms with Crippen molar-refractivity contribution in [3.05, 3.63) is 105 Å². The highest BCUT2D eigenvalue weighted by molar-refractivity contribution is 7.86. The number of nitrogens with zero attached hydrogens (tertiary/aromatic N) is 1. The van der Waals surface area contributed by atoms with Crippen molar-refractivity contribution < 1.29 is 39.9 Å². The van der Waals surface area contributed by atoms with Gasteiger partial charge >= 0.3 is 0 Å². The molecular formula is C49H56N4O9S2. The Bertz CT molecular complexity index is 3090. The first-order valence-electron chi connectivity index (χ1n) is 21.4. The molecular weight excluding hydrogens is 853 g/mol. The second-order valence-electron chi connectivity index (χ2n) is 16.4. The SMILES string of the molecule is CCC(CC)C(=O)Nc1c(C)cc(C)c(/N=c2\cc3oc4cc(Nc5c(C)cc(C)c(NC(=O)C(CC)CC)c5C)ccc4c(-c4ccccc4S(=O)(=O)O)c-3cc2S(=O)(=O)O)c1C. The summed E-state index contributed by atoms with van der Waals surface area (Å²) < 4.78 is 80.0. The lowest BCUT2D eigenvalue weighted by Gasteiger charge is -2.22. The molecule has 15 heteroatoms. The van der Waals surface area contributed by atoms with Crippen LogP contribution in [0.3, 0.4) is 0 Å². The molecule has 13 nitrogen and oxygen atoms in total. The standard InChI is InChI=1S/C49H56N4O9S2/c1-11-32(12-2)48(54)52-46-28(7)21-26(5)44(30(46)9)50-34-19-20-35-39(23-34)62-40-25-38(51-45-27(6)22-29(8)47(31(45)10)53-49(55)33(13-3)14-4)42(64(59,60)61)24-37(40)43(35)36-17-15-16-18-41(36)63(56,57)58/h15-25,32-33,50H,11-14H2,1-10H3,(H,52,54)(H,53,55)(H,56,57,58)(H,59,60,61)/b51-38+. The minimum atomic E-state index is -5.00. The maximum absolute atomic E-state index is 13.3. The highest BCUT2D eigenvalue weighted by Crippen LogP contribution is 2.44. The van der Waals surface area contributed by atoms with E-state index in [-0.39, 0.29) is 57.0 Å². The lowest BCUT2D eigenvalue weighted by Crippen LogP contribution is -2.23. The van der Waals surface area contributed by atoms with E-state index in [1.54, 1.807) is 38.1 Å². The Morgan fingerprint density at radius 3 is 1.72 bits per heavy atom. The molecule has 6 rings (SSSR count). The van der Waals surface area contributed by atoms with Crippen molar-refractivity contribution in [2.24, 2.45) is 16.8 Å². The molecule has 1 heterocycles. The molecule has 0 bridgehead atoms. The Hall–Kier alpha value is -5.87. The molecule has 1 aliphatic carbocycles. The average Bonchev–Trinajstić information content (AvgIpc) is 3.23. The lowest BCUT2D eigenvalue weighted by atomic mass is 9.93. The maximum atomic E-state index is 13.3. The number of anilines is 4. The van der Waals surface area contributed by atoms with E-state index in [0.29, 0.717) is 64.9 Å². The first-order valence-corrected chi connectivity index (χ1v) is 24.2. The van der Waals surface area contributed by atoms with Crippen molar-refractivity contribution in [3.63, 3.8) is 0 Å². The van der Waals surface area contributed by atoms with Crippen molar-refractivity contribution in [2.75, 3.05) is 16.0 Å². The number of amides is 2. The van der Waals surface area contributed by atoms with Gasteiger partial charge < -0.3 is 20.4 Å². The van der Waals surface area contributed by atoms with Crippen molar-refractivity contribution in [2.45, 2.75) is 105 Å². The van der Waals surface area contributed by atoms with Gasteiger partial charge in [-0.25, -0.2) is 4.99 Å². The van der Waals surface area contributed by atoms with E-state index in [1.807, 2.05) is 67.5 Å². The molecule has 338 valence electrons. The van der Waals surface area contributed by atoms with Crippen LogP contribution in [0, 0.1) is 53.4 Å². The third kappa shape index (κ3) is 9.48. The highest BCUT2D eigenvalue weighted by Gasteiger charge is 2.28. The second kappa shape index (κ2) is 18.7. The fourth-order valence-corrected chi connectivity index (χ4v) is 9.94. The zero-order valence-corrected chi connectivity index (χ0v) is 39.5. The molecule has 0 aromatic heterocycles. The third-order valence-corrected chi connectivity index (χ3v) is 13.9. The number of benzene rings is 5. The van der Waals surface area contributed by atoms with Gasteiger partial charge in [0.2, 0.25) is 11.8 Å². The molecule has 2 amide bonds. The second-order valence-corrected chi connectivity index (χ2v) is 19.2. The van der Waals surface area contributed by atoms with Gasteiger partial charge in [0.05, 0.1) is 11.0 Å². The fourth-order valence-electron chi connectivity index (χ4n) is 8.61. The van der Waals surface area contributed by atoms with Gasteiger partial charge in [0.15, 0.2) is 0 Å². The van der Waals surface area contributed by atoms with Gasteiger partial charge in [0, 0.05) is 68.8 Å². The van der Waals surface area contributed by atoms with Crippen LogP contribution in [0.4, 0.5) is 28.4 Å². The van der Waals surface area contributed by atoms with E-state index in [9.17, 15) is 35.5 Å². The molecule has 0 saturated carbocycles. The number of aryl methyl sites for hydroxylation is 4. The van der Waals surface area contributed by atoms with Crippen molar-refractivity contribution in [1.82, 2.24) is 0 Å². The summed E-state index contributed by atoms with van der Waals surface area (Å²) in [7, 11) is -9.81. The predicted octanol–water partition coefficient (Wildman–Crippen LogP) is 11.3. The van der Waals surface area contributed by atoms with Crippen molar-refractivity contribution in [3.8, 4) is 22.5 Å². The van der Waals surface area contributed by atoms with Gasteiger partial charge in [0.25, 0.3) is 20.2 Å². The molecule has 0 saturated heterocycles. The van der Waals surface area contributed by atoms with Crippen LogP contribution in [0.2, 0.25) is 0 Å². The van der Waals surface area contributed by atoms with Gasteiger partial charge in [-0.3, -0.25) is 18.7 Å². The zero-order valence-electron chi connectivity index (χ0n) is 37.8. The summed E-state index contributed by atoms with van der Waals surface area (Å²) in [5.41, 5.74) is 8.21. The summed E-state index contributed by atoms with van der Waals surface area (Å²) in [5, 5.41) is 9.85. The Labute approximate surface area is 375 Å². The van der Waals surface area contributed by atoms with Gasteiger partial charge in [-0.05, 0) is 125 Å². The first-order chi connectivity index (χ1) is 30.1. The normalized spacial score (nSPS) is 12.4. The summed E-state index contributed by atoms with van der Waals surface area (Å²) in [6, 6.07) is 17.3. The molecule has 64 heavy (non-hydrogen) atoms. The van der Waals surface area contributed by atoms with Crippen LogP contribution in [0.1, 0.15) is 86.8 Å². The molecule has 4 aromatic rings. The first kappa shape index (κ1) is 47.6. The summed E-state index contributed by atoms with van der Waals surface area (Å²) in [5.74, 6) is -0.474. The Kier molecular flexibility index (Phi) is 13.9. The number of rotatable bonds is 14. The topological polar surface area (TPSA) is 204 Å². The summed E-state index contributed by atoms with van der Waals surface area (Å²) >= 11 is 0. The van der Waals surface area contributed by atoms with Crippen molar-refractivity contribution in [1.29, 1.82) is 0 Å². The molecule has 0 unspecified atom stereocenters. The molecule has 4 aromatic carbocycles. The van der Waals surface area contributed by atoms with Gasteiger partial charge in [-0.15, -0.1) is 0 Å². The van der Waals surface area contributed by atoms with Crippen LogP contribution in [-0.4, -0.2) is 37.8 Å². The van der Waals surface area contributed by atoms with E-state index in [1.165, 1.54) is 30.3 Å². The number of carbonyl (C=O) groups excluding carboxylic acids is 2. The van der Waals surface area contributed by atoms with Crippen LogP contribution < -0.4 is 21.3 Å². The maximum Gasteiger partial charge on any atom is 0.296 e. The average molecular weight is 909 g/mol. The number of carbonyl (C=O) groups is 2. The fraction of sp³-hybridized carbons (Fsp3) is 0.327. The smallest absolute Gasteiger partial charge is 0.296 e. The monoisotopic (exact) mass is 908 g/mol. The van der Waals surface area contributed by atoms with Gasteiger partial charge in [-0.1, -0.05) is 58.0 Å². The van der Waals surface area contributed by atoms with E-state index in [0.717, 1.165) is 27.9 Å². The Morgan fingerprint density at radius 2 is 1.16 bits per heavy atom. The Morgan fingerprint density at radius 1 is 0.625 bits per heavy atom. The van der Waals surface area contributed by atoms with Crippen LogP contribution in [0.15, 0.2) is 85.9 Å². The number of fused-ring (bicyclic) bond motifs is 2. The minimum absolute atomic E-state index is 0.0497. The molecule has 0 fully saturated rings. The van der Waals surface area contributed by atoms with E-state index in [4.69, 9.17) is 9.41 Å². The lowest BCUT2D eigenvalue weighted by molar-refractivity contribution is -0.120. The number of nitrogens with one attached hydrogen (secondary N) is 3. The van der Waals surface area contributed by atoms with Gasteiger partial charge in [0.1, 0.15) is 21.1 Å². The zero-order chi connectivity index (χ0) is 47.0. The molecule has 0 atom stereocenters. The van der Waals surface area contributed by atoms with E-state index in [2.05, 4.69) is 16.0 Å². The third-order valence-electron chi connectivity index (χ3n) is 12.1. The highest BCUT2D eigenvalue weighted by atomic mass is 32.2. The number of hydrogen-bond acceptors (Lipinski definition) is 9. The van der Waals surface area contributed by atoms with Crippen molar-refractivity contribution >= 4 is 71.5 Å². The van der Waals surface area contributed by atoms with E-state index < -0.39 is 30.0 Å². The molecule has 1 aliphatic heterocycles. The molecule has 2 aliphatic rings. The molecule has 0 spiro atoms.